The molecule has 0 spiro atoms. The number of nitrogens with zero attached hydrogens (tertiary/aromatic N) is 1. The number of nitrogens with two attached hydrogens (primary N) is 1. The van der Waals surface area contributed by atoms with E-state index in [0.717, 1.165) is 41.5 Å². The van der Waals surface area contributed by atoms with Crippen molar-refractivity contribution >= 4 is 30.1 Å². The number of rotatable bonds is 4. The van der Waals surface area contributed by atoms with Gasteiger partial charge in [-0.25, -0.2) is 0 Å². The Morgan fingerprint density at radius 3 is 2.83 bits per heavy atom. The van der Waals surface area contributed by atoms with E-state index in [9.17, 15) is 4.79 Å². The highest BCUT2D eigenvalue weighted by atomic mass is 35.5. The molecule has 2 heterocycles. The Balaban J connectivity index is 0.00000192. The first-order valence-corrected chi connectivity index (χ1v) is 8.77. The molecule has 2 aliphatic heterocycles. The van der Waals surface area contributed by atoms with Crippen molar-refractivity contribution in [2.24, 2.45) is 5.73 Å². The zero-order valence-electron chi connectivity index (χ0n) is 13.0. The molecule has 3 rings (SSSR count). The second kappa shape index (κ2) is 8.66. The van der Waals surface area contributed by atoms with Gasteiger partial charge in [-0.1, -0.05) is 0 Å². The maximum absolute atomic E-state index is 12.1. The molecule has 5 nitrogen and oxygen atoms in total. The molecule has 128 valence electrons. The van der Waals surface area contributed by atoms with Crippen LogP contribution in [-0.4, -0.2) is 48.9 Å². The summed E-state index contributed by atoms with van der Waals surface area (Å²) in [5.74, 6) is 2.59. The van der Waals surface area contributed by atoms with Gasteiger partial charge in [-0.15, -0.1) is 24.2 Å². The van der Waals surface area contributed by atoms with Crippen LogP contribution in [0.5, 0.6) is 11.5 Å². The highest BCUT2D eigenvalue weighted by molar-refractivity contribution is 7.99. The molecule has 23 heavy (non-hydrogen) atoms. The van der Waals surface area contributed by atoms with Crippen LogP contribution in [0.2, 0.25) is 0 Å². The fourth-order valence-electron chi connectivity index (χ4n) is 2.66. The Bertz CT molecular complexity index is 544. The molecule has 0 aliphatic carbocycles. The monoisotopic (exact) mass is 358 g/mol. The Morgan fingerprint density at radius 2 is 2.09 bits per heavy atom. The highest BCUT2D eigenvalue weighted by Crippen LogP contribution is 2.34. The minimum absolute atomic E-state index is 0. The molecule has 1 aromatic carbocycles. The molecule has 1 saturated heterocycles. The van der Waals surface area contributed by atoms with Crippen LogP contribution in [0.4, 0.5) is 0 Å². The molecule has 1 atom stereocenters. The molecule has 0 aromatic heterocycles. The van der Waals surface area contributed by atoms with Crippen LogP contribution in [0.15, 0.2) is 23.1 Å². The number of hydrogen-bond donors (Lipinski definition) is 1. The number of benzene rings is 1. The second-order valence-corrected chi connectivity index (χ2v) is 6.81. The van der Waals surface area contributed by atoms with Crippen molar-refractivity contribution in [1.29, 1.82) is 0 Å². The second-order valence-electron chi connectivity index (χ2n) is 5.65. The van der Waals surface area contributed by atoms with Gasteiger partial charge in [-0.05, 0) is 24.6 Å². The quantitative estimate of drug-likeness (QED) is 0.837. The summed E-state index contributed by atoms with van der Waals surface area (Å²) in [5, 5.41) is 0. The predicted octanol–water partition coefficient (Wildman–Crippen LogP) is 2.31. The Kier molecular flexibility index (Phi) is 6.87. The third-order valence-corrected chi connectivity index (χ3v) is 4.88. The van der Waals surface area contributed by atoms with Crippen LogP contribution in [0.1, 0.15) is 19.3 Å². The standard InChI is InChI=1S/C16H22N2O3S.ClH/c17-12-4-6-18(11-12)16(19)5-9-22-13-2-3-14-15(10-13)21-8-1-7-20-14;/h2-3,10,12H,1,4-9,11,17H2;1H/t12-;/m1./s1. The minimum Gasteiger partial charge on any atom is -0.490 e. The fourth-order valence-corrected chi connectivity index (χ4v) is 3.53. The number of halogens is 1. The number of likely N-dealkylation sites (tertiary alicyclic amines) is 1. The molecule has 7 heteroatoms. The molecule has 1 aromatic rings. The lowest BCUT2D eigenvalue weighted by Gasteiger charge is -2.15. The number of fused-ring (bicyclic) bond motifs is 1. The highest BCUT2D eigenvalue weighted by Gasteiger charge is 2.23. The van der Waals surface area contributed by atoms with Crippen molar-refractivity contribution in [2.45, 2.75) is 30.2 Å². The van der Waals surface area contributed by atoms with E-state index < -0.39 is 0 Å². The average molecular weight is 359 g/mol. The maximum atomic E-state index is 12.1. The van der Waals surface area contributed by atoms with Crippen LogP contribution in [0.25, 0.3) is 0 Å². The van der Waals surface area contributed by atoms with E-state index in [1.165, 1.54) is 0 Å². The number of carbonyl (C=O) groups excluding carboxylic acids is 1. The summed E-state index contributed by atoms with van der Waals surface area (Å²) in [6.07, 6.45) is 2.37. The lowest BCUT2D eigenvalue weighted by Crippen LogP contribution is -2.31. The van der Waals surface area contributed by atoms with Crippen molar-refractivity contribution in [3.63, 3.8) is 0 Å². The van der Waals surface area contributed by atoms with E-state index in [-0.39, 0.29) is 24.4 Å². The molecule has 0 saturated carbocycles. The van der Waals surface area contributed by atoms with E-state index in [2.05, 4.69) is 0 Å². The lowest BCUT2D eigenvalue weighted by molar-refractivity contribution is -0.129. The molecule has 0 bridgehead atoms. The summed E-state index contributed by atoms with van der Waals surface area (Å²) >= 11 is 1.67. The van der Waals surface area contributed by atoms with Crippen LogP contribution < -0.4 is 15.2 Å². The van der Waals surface area contributed by atoms with E-state index in [1.807, 2.05) is 23.1 Å². The Morgan fingerprint density at radius 1 is 1.30 bits per heavy atom. The van der Waals surface area contributed by atoms with Crippen molar-refractivity contribution < 1.29 is 14.3 Å². The minimum atomic E-state index is 0. The Hall–Kier alpha value is -1.11. The fraction of sp³-hybridized carbons (Fsp3) is 0.562. The van der Waals surface area contributed by atoms with Crippen molar-refractivity contribution in [3.8, 4) is 11.5 Å². The number of carbonyl (C=O) groups is 1. The molecule has 0 radical (unpaired) electrons. The van der Waals surface area contributed by atoms with Gasteiger partial charge >= 0.3 is 0 Å². The summed E-state index contributed by atoms with van der Waals surface area (Å²) < 4.78 is 11.3. The van der Waals surface area contributed by atoms with Gasteiger partial charge in [0.2, 0.25) is 5.91 Å². The normalized spacial score (nSPS) is 19.9. The molecule has 0 unspecified atom stereocenters. The zero-order valence-corrected chi connectivity index (χ0v) is 14.7. The van der Waals surface area contributed by atoms with Crippen LogP contribution in [-0.2, 0) is 4.79 Å². The molecule has 2 aliphatic rings. The smallest absolute Gasteiger partial charge is 0.223 e. The summed E-state index contributed by atoms with van der Waals surface area (Å²) in [6.45, 7) is 2.89. The Labute approximate surface area is 147 Å². The largest absolute Gasteiger partial charge is 0.490 e. The maximum Gasteiger partial charge on any atom is 0.223 e. The number of amides is 1. The average Bonchev–Trinajstić information content (AvgIpc) is 2.82. The topological polar surface area (TPSA) is 64.8 Å². The third-order valence-electron chi connectivity index (χ3n) is 3.88. The van der Waals surface area contributed by atoms with Gasteiger partial charge < -0.3 is 20.1 Å². The van der Waals surface area contributed by atoms with E-state index in [1.54, 1.807) is 11.8 Å². The third kappa shape index (κ3) is 4.93. The summed E-state index contributed by atoms with van der Waals surface area (Å²) in [7, 11) is 0. The summed E-state index contributed by atoms with van der Waals surface area (Å²) in [4.78, 5) is 15.1. The lowest BCUT2D eigenvalue weighted by atomic mass is 10.3. The van der Waals surface area contributed by atoms with Gasteiger partial charge in [0.1, 0.15) is 0 Å². The van der Waals surface area contributed by atoms with Gasteiger partial charge in [0.05, 0.1) is 13.2 Å². The summed E-state index contributed by atoms with van der Waals surface area (Å²) in [5.41, 5.74) is 5.84. The van der Waals surface area contributed by atoms with E-state index >= 15 is 0 Å². The predicted molar refractivity (Wildman–Crippen MR) is 93.8 cm³/mol. The van der Waals surface area contributed by atoms with Crippen molar-refractivity contribution in [2.75, 3.05) is 32.1 Å². The van der Waals surface area contributed by atoms with Gasteiger partial charge in [0.25, 0.3) is 0 Å². The van der Waals surface area contributed by atoms with Gasteiger partial charge in [0.15, 0.2) is 11.5 Å². The first-order valence-electron chi connectivity index (χ1n) is 7.78. The van der Waals surface area contributed by atoms with Crippen LogP contribution in [0, 0.1) is 0 Å². The van der Waals surface area contributed by atoms with Gasteiger partial charge in [-0.3, -0.25) is 4.79 Å². The first-order chi connectivity index (χ1) is 10.7. The first kappa shape index (κ1) is 18.2. The van der Waals surface area contributed by atoms with Crippen LogP contribution in [0.3, 0.4) is 0 Å². The number of hydrogen-bond acceptors (Lipinski definition) is 5. The van der Waals surface area contributed by atoms with E-state index in [4.69, 9.17) is 15.2 Å². The van der Waals surface area contributed by atoms with Gasteiger partial charge in [-0.2, -0.15) is 0 Å². The molecular formula is C16H23ClN2O3S. The van der Waals surface area contributed by atoms with Crippen LogP contribution >= 0.6 is 24.2 Å². The zero-order chi connectivity index (χ0) is 15.4. The van der Waals surface area contributed by atoms with Gasteiger partial charge in [0, 0.05) is 42.6 Å². The molecule has 1 amide bonds. The number of ether oxygens (including phenoxy) is 2. The summed E-state index contributed by atoms with van der Waals surface area (Å²) in [6, 6.07) is 6.12. The SMILES string of the molecule is Cl.N[C@@H]1CCN(C(=O)CCSc2ccc3c(c2)OCCCO3)C1. The molecule has 2 N–H and O–H groups in total. The van der Waals surface area contributed by atoms with E-state index in [0.29, 0.717) is 26.2 Å². The molecular weight excluding hydrogens is 336 g/mol. The van der Waals surface area contributed by atoms with Crippen molar-refractivity contribution in [1.82, 2.24) is 4.90 Å². The van der Waals surface area contributed by atoms with Crippen molar-refractivity contribution in [3.05, 3.63) is 18.2 Å². The number of thioether (sulfide) groups is 1. The molecule has 1 fully saturated rings.